The highest BCUT2D eigenvalue weighted by atomic mass is 16.4. The first kappa shape index (κ1) is 13.9. The molecule has 0 aliphatic heterocycles. The van der Waals surface area contributed by atoms with E-state index in [-0.39, 0.29) is 5.56 Å². The smallest absolute Gasteiger partial charge is 0.335 e. The largest absolute Gasteiger partial charge is 0.478 e. The summed E-state index contributed by atoms with van der Waals surface area (Å²) in [5.74, 6) is -0.536. The molecule has 0 saturated carbocycles. The second kappa shape index (κ2) is 5.51. The Morgan fingerprint density at radius 3 is 2.75 bits per heavy atom. The van der Waals surface area contributed by atoms with Crippen LogP contribution in [0.4, 0.5) is 11.6 Å². The molecular formula is C16H12N6O2. The van der Waals surface area contributed by atoms with Crippen LogP contribution in [0.2, 0.25) is 0 Å². The van der Waals surface area contributed by atoms with Gasteiger partial charge >= 0.3 is 5.97 Å². The summed E-state index contributed by atoms with van der Waals surface area (Å²) in [4.78, 5) is 15.4. The third kappa shape index (κ3) is 2.45. The zero-order valence-electron chi connectivity index (χ0n) is 12.3. The van der Waals surface area contributed by atoms with E-state index in [0.717, 1.165) is 11.1 Å². The molecule has 0 spiro atoms. The third-order valence-corrected chi connectivity index (χ3v) is 3.56. The minimum atomic E-state index is -0.961. The van der Waals surface area contributed by atoms with Gasteiger partial charge in [-0.3, -0.25) is 5.10 Å². The van der Waals surface area contributed by atoms with Crippen LogP contribution in [0.3, 0.4) is 0 Å². The van der Waals surface area contributed by atoms with Gasteiger partial charge < -0.3 is 10.4 Å². The van der Waals surface area contributed by atoms with Crippen molar-refractivity contribution in [3.8, 4) is 11.1 Å². The van der Waals surface area contributed by atoms with Gasteiger partial charge in [0.05, 0.1) is 11.8 Å². The van der Waals surface area contributed by atoms with Crippen LogP contribution in [0.25, 0.3) is 16.8 Å². The highest BCUT2D eigenvalue weighted by molar-refractivity contribution is 5.88. The second-order valence-electron chi connectivity index (χ2n) is 5.12. The fourth-order valence-corrected chi connectivity index (χ4v) is 2.41. The number of benzene rings is 1. The Labute approximate surface area is 135 Å². The summed E-state index contributed by atoms with van der Waals surface area (Å²) in [6, 6.07) is 10.2. The van der Waals surface area contributed by atoms with Crippen LogP contribution < -0.4 is 5.32 Å². The molecule has 4 aromatic rings. The summed E-state index contributed by atoms with van der Waals surface area (Å²) in [6.07, 6.45) is 5.33. The molecule has 3 aromatic heterocycles. The normalized spacial score (nSPS) is 10.8. The molecule has 3 N–H and O–H groups in total. The molecule has 4 rings (SSSR count). The molecule has 0 aliphatic rings. The topological polar surface area (TPSA) is 108 Å². The number of anilines is 2. The number of fused-ring (bicyclic) bond motifs is 1. The van der Waals surface area contributed by atoms with E-state index >= 15 is 0 Å². The predicted molar refractivity (Wildman–Crippen MR) is 87.3 cm³/mol. The zero-order valence-corrected chi connectivity index (χ0v) is 12.3. The second-order valence-corrected chi connectivity index (χ2v) is 5.12. The van der Waals surface area contributed by atoms with E-state index in [0.29, 0.717) is 17.3 Å². The van der Waals surface area contributed by atoms with E-state index in [4.69, 9.17) is 5.11 Å². The first-order chi connectivity index (χ1) is 11.7. The number of hydrogen-bond donors (Lipinski definition) is 3. The number of nitrogens with one attached hydrogen (secondary N) is 2. The summed E-state index contributed by atoms with van der Waals surface area (Å²) in [5, 5.41) is 23.1. The summed E-state index contributed by atoms with van der Waals surface area (Å²) >= 11 is 0. The number of aromatic nitrogens is 5. The SMILES string of the molecule is O=C(O)c1ccc(Nc2nc3c(-c4cn[nH]c4)cccn3n2)cc1. The lowest BCUT2D eigenvalue weighted by Gasteiger charge is -2.01. The fraction of sp³-hybridized carbons (Fsp3) is 0. The molecule has 118 valence electrons. The van der Waals surface area contributed by atoms with Gasteiger partial charge in [0.2, 0.25) is 5.95 Å². The molecule has 3 heterocycles. The van der Waals surface area contributed by atoms with Crippen molar-refractivity contribution in [3.05, 3.63) is 60.6 Å². The molecule has 1 aromatic carbocycles. The molecule has 8 heteroatoms. The molecule has 0 fully saturated rings. The van der Waals surface area contributed by atoms with Crippen molar-refractivity contribution < 1.29 is 9.90 Å². The quantitative estimate of drug-likeness (QED) is 0.533. The van der Waals surface area contributed by atoms with Crippen molar-refractivity contribution in [1.29, 1.82) is 0 Å². The van der Waals surface area contributed by atoms with E-state index in [1.54, 1.807) is 29.0 Å². The van der Waals surface area contributed by atoms with Gasteiger partial charge in [0.1, 0.15) is 0 Å². The van der Waals surface area contributed by atoms with Crippen molar-refractivity contribution in [2.75, 3.05) is 5.32 Å². The zero-order chi connectivity index (χ0) is 16.5. The number of carboxylic acids is 1. The van der Waals surface area contributed by atoms with E-state index in [1.165, 1.54) is 12.1 Å². The molecule has 8 nitrogen and oxygen atoms in total. The number of H-pyrrole nitrogens is 1. The van der Waals surface area contributed by atoms with E-state index in [1.807, 2.05) is 18.3 Å². The molecular weight excluding hydrogens is 308 g/mol. The van der Waals surface area contributed by atoms with Gasteiger partial charge in [0, 0.05) is 29.2 Å². The van der Waals surface area contributed by atoms with Crippen LogP contribution in [0.5, 0.6) is 0 Å². The Morgan fingerprint density at radius 2 is 2.04 bits per heavy atom. The number of nitrogens with zero attached hydrogens (tertiary/aromatic N) is 4. The number of hydrogen-bond acceptors (Lipinski definition) is 5. The average molecular weight is 320 g/mol. The number of pyridine rings is 1. The first-order valence-corrected chi connectivity index (χ1v) is 7.15. The van der Waals surface area contributed by atoms with Gasteiger partial charge in [-0.15, -0.1) is 5.10 Å². The predicted octanol–water partition coefficient (Wildman–Crippen LogP) is 2.56. The summed E-state index contributed by atoms with van der Waals surface area (Å²) in [7, 11) is 0. The van der Waals surface area contributed by atoms with Crippen LogP contribution >= 0.6 is 0 Å². The van der Waals surface area contributed by atoms with Gasteiger partial charge in [0.25, 0.3) is 0 Å². The van der Waals surface area contributed by atoms with Crippen molar-refractivity contribution in [1.82, 2.24) is 24.8 Å². The molecule has 0 bridgehead atoms. The Balaban J connectivity index is 1.68. The van der Waals surface area contributed by atoms with Gasteiger partial charge in [-0.2, -0.15) is 10.1 Å². The number of aromatic carboxylic acids is 1. The first-order valence-electron chi connectivity index (χ1n) is 7.15. The van der Waals surface area contributed by atoms with Crippen LogP contribution in [0.1, 0.15) is 10.4 Å². The molecule has 0 aliphatic carbocycles. The fourth-order valence-electron chi connectivity index (χ4n) is 2.41. The van der Waals surface area contributed by atoms with Gasteiger partial charge in [0.15, 0.2) is 5.65 Å². The van der Waals surface area contributed by atoms with E-state index < -0.39 is 5.97 Å². The van der Waals surface area contributed by atoms with Crippen LogP contribution in [-0.4, -0.2) is 35.9 Å². The Morgan fingerprint density at radius 1 is 1.21 bits per heavy atom. The maximum absolute atomic E-state index is 10.9. The van der Waals surface area contributed by atoms with Crippen LogP contribution in [0, 0.1) is 0 Å². The maximum Gasteiger partial charge on any atom is 0.335 e. The lowest BCUT2D eigenvalue weighted by Crippen LogP contribution is -1.97. The highest BCUT2D eigenvalue weighted by Gasteiger charge is 2.10. The summed E-state index contributed by atoms with van der Waals surface area (Å²) in [5.41, 5.74) is 3.47. The van der Waals surface area contributed by atoms with Crippen molar-refractivity contribution >= 4 is 23.3 Å². The van der Waals surface area contributed by atoms with Crippen molar-refractivity contribution in [3.63, 3.8) is 0 Å². The van der Waals surface area contributed by atoms with Gasteiger partial charge in [-0.05, 0) is 36.4 Å². The van der Waals surface area contributed by atoms with Crippen molar-refractivity contribution in [2.24, 2.45) is 0 Å². The number of carboxylic acid groups (broad SMARTS) is 1. The minimum Gasteiger partial charge on any atom is -0.478 e. The molecule has 24 heavy (non-hydrogen) atoms. The molecule has 0 radical (unpaired) electrons. The lowest BCUT2D eigenvalue weighted by molar-refractivity contribution is 0.0697. The highest BCUT2D eigenvalue weighted by Crippen LogP contribution is 2.23. The van der Waals surface area contributed by atoms with E-state index in [2.05, 4.69) is 25.6 Å². The average Bonchev–Trinajstić information content (AvgIpc) is 3.24. The van der Waals surface area contributed by atoms with Gasteiger partial charge in [-0.1, -0.05) is 0 Å². The van der Waals surface area contributed by atoms with Gasteiger partial charge in [-0.25, -0.2) is 9.31 Å². The molecule has 0 amide bonds. The number of aromatic amines is 1. The monoisotopic (exact) mass is 320 g/mol. The molecule has 0 atom stereocenters. The van der Waals surface area contributed by atoms with Crippen molar-refractivity contribution in [2.45, 2.75) is 0 Å². The Hall–Kier alpha value is -3.68. The minimum absolute atomic E-state index is 0.228. The Bertz CT molecular complexity index is 1000. The molecule has 0 unspecified atom stereocenters. The lowest BCUT2D eigenvalue weighted by atomic mass is 10.1. The summed E-state index contributed by atoms with van der Waals surface area (Å²) in [6.45, 7) is 0. The van der Waals surface area contributed by atoms with E-state index in [9.17, 15) is 4.79 Å². The standard InChI is InChI=1S/C16H12N6O2/c23-15(24)10-3-5-12(6-4-10)19-16-20-14-13(11-8-17-18-9-11)2-1-7-22(14)21-16/h1-9H,(H,17,18)(H,19,21)(H,23,24). The van der Waals surface area contributed by atoms with Crippen LogP contribution in [-0.2, 0) is 0 Å². The number of carbonyl (C=O) groups is 1. The maximum atomic E-state index is 10.9. The van der Waals surface area contributed by atoms with Crippen LogP contribution in [0.15, 0.2) is 55.0 Å². The Kier molecular flexibility index (Phi) is 3.20. The third-order valence-electron chi connectivity index (χ3n) is 3.56. The molecule has 0 saturated heterocycles. The number of rotatable bonds is 4. The summed E-state index contributed by atoms with van der Waals surface area (Å²) < 4.78 is 1.68.